The van der Waals surface area contributed by atoms with Gasteiger partial charge in [0, 0.05) is 23.7 Å². The molecule has 1 aliphatic rings. The van der Waals surface area contributed by atoms with Gasteiger partial charge in [0.1, 0.15) is 12.1 Å². The lowest BCUT2D eigenvalue weighted by atomic mass is 9.97. The number of nitrogens with zero attached hydrogens (tertiary/aromatic N) is 2. The second-order valence-electron chi connectivity index (χ2n) is 8.78. The quantitative estimate of drug-likeness (QED) is 0.219. The predicted octanol–water partition coefficient (Wildman–Crippen LogP) is 1.15. The van der Waals surface area contributed by atoms with E-state index in [2.05, 4.69) is 35.6 Å². The van der Waals surface area contributed by atoms with Gasteiger partial charge in [-0.15, -0.1) is 0 Å². The lowest BCUT2D eigenvalue weighted by molar-refractivity contribution is -0.136. The molecule has 11 nitrogen and oxygen atoms in total. The Morgan fingerprint density at radius 2 is 1.47 bits per heavy atom. The predicted molar refractivity (Wildman–Crippen MR) is 134 cm³/mol. The second-order valence-corrected chi connectivity index (χ2v) is 8.78. The third kappa shape index (κ3) is 3.76. The molecule has 0 saturated carbocycles. The van der Waals surface area contributed by atoms with Gasteiger partial charge in [0.25, 0.3) is 5.56 Å². The number of aromatic nitrogens is 5. The number of anilines is 1. The van der Waals surface area contributed by atoms with Crippen LogP contribution in [0.25, 0.3) is 33.6 Å². The van der Waals surface area contributed by atoms with Crippen molar-refractivity contribution in [2.45, 2.75) is 24.9 Å². The summed E-state index contributed by atoms with van der Waals surface area (Å²) in [5, 5.41) is 6.63. The Kier molecular flexibility index (Phi) is 5.03. The first-order chi connectivity index (χ1) is 17.5. The van der Waals surface area contributed by atoms with E-state index in [-0.39, 0.29) is 35.3 Å². The maximum Gasteiger partial charge on any atom is 0.278 e. The number of carbonyl (C=O) groups is 2. The lowest BCUT2D eigenvalue weighted by Gasteiger charge is -2.30. The maximum absolute atomic E-state index is 13.0. The fourth-order valence-electron chi connectivity index (χ4n) is 4.67. The molecule has 0 bridgehead atoms. The number of aromatic amines is 3. The first-order valence-electron chi connectivity index (χ1n) is 11.5. The van der Waals surface area contributed by atoms with Gasteiger partial charge in [0.05, 0.1) is 5.69 Å². The fourth-order valence-corrected chi connectivity index (χ4v) is 4.67. The summed E-state index contributed by atoms with van der Waals surface area (Å²) >= 11 is 0. The van der Waals surface area contributed by atoms with Crippen molar-refractivity contribution < 1.29 is 9.59 Å². The van der Waals surface area contributed by atoms with E-state index in [0.29, 0.717) is 17.9 Å². The summed E-state index contributed by atoms with van der Waals surface area (Å²) in [6, 6.07) is 15.7. The summed E-state index contributed by atoms with van der Waals surface area (Å²) in [6.07, 6.45) is 0.630. The number of nitrogen functional groups attached to an aromatic ring is 1. The zero-order chi connectivity index (χ0) is 24.8. The van der Waals surface area contributed by atoms with Crippen LogP contribution in [0.5, 0.6) is 0 Å². The van der Waals surface area contributed by atoms with E-state index in [1.165, 1.54) is 0 Å². The van der Waals surface area contributed by atoms with Gasteiger partial charge in [-0.05, 0) is 17.2 Å². The third-order valence-electron chi connectivity index (χ3n) is 6.39. The zero-order valence-electron chi connectivity index (χ0n) is 19.0. The number of carbonyl (C=O) groups excluding carboxylic acids is 2. The summed E-state index contributed by atoms with van der Waals surface area (Å²) in [5.74, 6) is -0.152. The average molecular weight is 483 g/mol. The Morgan fingerprint density at radius 1 is 0.778 bits per heavy atom. The first-order valence-corrected chi connectivity index (χ1v) is 11.5. The smallest absolute Gasteiger partial charge is 0.278 e. The highest BCUT2D eigenvalue weighted by atomic mass is 16.2. The molecule has 4 heterocycles. The van der Waals surface area contributed by atoms with Gasteiger partial charge in [-0.2, -0.15) is 4.98 Å². The maximum atomic E-state index is 13.0. The van der Waals surface area contributed by atoms with Crippen LogP contribution in [0.15, 0.2) is 59.4 Å². The van der Waals surface area contributed by atoms with Crippen LogP contribution in [-0.4, -0.2) is 48.8 Å². The van der Waals surface area contributed by atoms with Crippen LogP contribution in [0.2, 0.25) is 0 Å². The highest BCUT2D eigenvalue weighted by Gasteiger charge is 2.35. The van der Waals surface area contributed by atoms with Gasteiger partial charge < -0.3 is 26.3 Å². The van der Waals surface area contributed by atoms with E-state index in [0.717, 1.165) is 22.0 Å². The van der Waals surface area contributed by atoms with Crippen molar-refractivity contribution in [3.63, 3.8) is 0 Å². The van der Waals surface area contributed by atoms with Crippen LogP contribution < -0.4 is 21.9 Å². The van der Waals surface area contributed by atoms with Crippen molar-refractivity contribution in [1.29, 1.82) is 0 Å². The molecule has 180 valence electrons. The molecule has 5 aromatic rings. The minimum absolute atomic E-state index is 0.0333. The Balaban J connectivity index is 1.34. The number of nitrogens with one attached hydrogen (secondary N) is 5. The Bertz CT molecular complexity index is 1680. The zero-order valence-corrected chi connectivity index (χ0v) is 19.0. The minimum Gasteiger partial charge on any atom is -0.369 e. The number of H-pyrrole nitrogens is 3. The lowest BCUT2D eigenvalue weighted by Crippen LogP contribution is -2.62. The molecule has 2 amide bonds. The van der Waals surface area contributed by atoms with Crippen molar-refractivity contribution in [3.8, 4) is 11.5 Å². The van der Waals surface area contributed by atoms with Crippen LogP contribution in [-0.2, 0) is 22.4 Å². The molecule has 2 atom stereocenters. The highest BCUT2D eigenvalue weighted by Crippen LogP contribution is 2.31. The van der Waals surface area contributed by atoms with Crippen molar-refractivity contribution in [2.24, 2.45) is 0 Å². The molecule has 0 spiro atoms. The highest BCUT2D eigenvalue weighted by molar-refractivity contribution is 5.98. The number of para-hydroxylation sites is 1. The molecule has 0 aliphatic carbocycles. The van der Waals surface area contributed by atoms with Gasteiger partial charge in [-0.3, -0.25) is 19.4 Å². The van der Waals surface area contributed by atoms with Crippen LogP contribution in [0.4, 0.5) is 5.95 Å². The number of hydrogen-bond acceptors (Lipinski definition) is 6. The van der Waals surface area contributed by atoms with Gasteiger partial charge >= 0.3 is 0 Å². The molecule has 0 radical (unpaired) electrons. The average Bonchev–Trinajstić information content (AvgIpc) is 3.45. The monoisotopic (exact) mass is 482 g/mol. The first kappa shape index (κ1) is 21.6. The number of benzene rings is 2. The van der Waals surface area contributed by atoms with E-state index >= 15 is 0 Å². The Morgan fingerprint density at radius 3 is 2.25 bits per heavy atom. The second kappa shape index (κ2) is 8.38. The number of rotatable bonds is 5. The van der Waals surface area contributed by atoms with Crippen molar-refractivity contribution in [3.05, 3.63) is 76.1 Å². The Hall–Kier alpha value is -4.93. The number of nitrogens with two attached hydrogens (primary N) is 1. The number of amides is 2. The molecular weight excluding hydrogens is 460 g/mol. The molecular formula is C25H22N8O3. The topological polar surface area (TPSA) is 174 Å². The summed E-state index contributed by atoms with van der Waals surface area (Å²) < 4.78 is 0. The molecule has 6 rings (SSSR count). The molecule has 1 aliphatic heterocycles. The largest absolute Gasteiger partial charge is 0.369 e. The summed E-state index contributed by atoms with van der Waals surface area (Å²) in [7, 11) is 0. The van der Waals surface area contributed by atoms with Crippen molar-refractivity contribution >= 4 is 39.8 Å². The van der Waals surface area contributed by atoms with Gasteiger partial charge in [-0.1, -0.05) is 48.5 Å². The fraction of sp³-hybridized carbons (Fsp3) is 0.160. The summed E-state index contributed by atoms with van der Waals surface area (Å²) in [6.45, 7) is 0. The SMILES string of the molecule is Nc1nc2nc(-c3[nH]c4ccccc4c3C[C@@H]3NC(=O)[C@H](Cc4ccccc4)NC3=O)[nH]c2c(=O)[nH]1. The van der Waals surface area contributed by atoms with E-state index < -0.39 is 17.6 Å². The van der Waals surface area contributed by atoms with E-state index in [9.17, 15) is 14.4 Å². The Labute approximate surface area is 203 Å². The van der Waals surface area contributed by atoms with Crippen molar-refractivity contribution in [2.75, 3.05) is 5.73 Å². The minimum atomic E-state index is -0.774. The van der Waals surface area contributed by atoms with E-state index in [4.69, 9.17) is 5.73 Å². The van der Waals surface area contributed by atoms with Crippen LogP contribution in [0, 0.1) is 0 Å². The van der Waals surface area contributed by atoms with Gasteiger partial charge in [0.2, 0.25) is 17.8 Å². The summed E-state index contributed by atoms with van der Waals surface area (Å²) in [4.78, 5) is 55.6. The third-order valence-corrected chi connectivity index (χ3v) is 6.39. The van der Waals surface area contributed by atoms with E-state index in [1.807, 2.05) is 54.6 Å². The molecule has 11 heteroatoms. The molecule has 3 aromatic heterocycles. The number of piperazine rings is 1. The van der Waals surface area contributed by atoms with Gasteiger partial charge in [0.15, 0.2) is 17.0 Å². The van der Waals surface area contributed by atoms with Gasteiger partial charge in [-0.25, -0.2) is 4.98 Å². The van der Waals surface area contributed by atoms with Crippen LogP contribution >= 0.6 is 0 Å². The molecule has 1 fully saturated rings. The van der Waals surface area contributed by atoms with Crippen LogP contribution in [0.1, 0.15) is 11.1 Å². The standard InChI is InChI=1S/C25H22N8O3/c26-25-32-21-19(24(36)33-25)30-20(31-21)18-14(13-8-4-5-9-15(13)27-18)11-17-23(35)28-16(22(34)29-17)10-12-6-2-1-3-7-12/h1-9,16-17,27H,10-11H2,(H,28,35)(H,29,34)(H4,26,30,31,32,33,36)/t16-,17-/m0/s1. The number of hydrogen-bond donors (Lipinski definition) is 6. The number of imidazole rings is 1. The van der Waals surface area contributed by atoms with E-state index in [1.54, 1.807) is 0 Å². The normalized spacial score (nSPS) is 17.9. The molecule has 2 aromatic carbocycles. The van der Waals surface area contributed by atoms with Crippen molar-refractivity contribution in [1.82, 2.24) is 35.6 Å². The molecule has 7 N–H and O–H groups in total. The van der Waals surface area contributed by atoms with Crippen LogP contribution in [0.3, 0.4) is 0 Å². The molecule has 1 saturated heterocycles. The number of fused-ring (bicyclic) bond motifs is 2. The summed E-state index contributed by atoms with van der Waals surface area (Å²) in [5.41, 5.74) is 8.77. The molecule has 36 heavy (non-hydrogen) atoms. The molecule has 0 unspecified atom stereocenters.